The van der Waals surface area contributed by atoms with E-state index in [1.54, 1.807) is 30.5 Å². The van der Waals surface area contributed by atoms with E-state index in [1.165, 1.54) is 29.5 Å². The van der Waals surface area contributed by atoms with Crippen molar-refractivity contribution in [3.05, 3.63) is 68.5 Å². The van der Waals surface area contributed by atoms with Gasteiger partial charge in [-0.05, 0) is 17.7 Å². The molecule has 6 nitrogen and oxygen atoms in total. The smallest absolute Gasteiger partial charge is 0.337 e. The third-order valence-electron chi connectivity index (χ3n) is 2.96. The summed E-state index contributed by atoms with van der Waals surface area (Å²) < 4.78 is 7.17. The molecule has 6 heteroatoms. The molecule has 1 heterocycles. The Morgan fingerprint density at radius 1 is 1.10 bits per heavy atom. The van der Waals surface area contributed by atoms with E-state index in [0.717, 1.165) is 5.56 Å². The van der Waals surface area contributed by atoms with E-state index < -0.39 is 17.1 Å². The van der Waals surface area contributed by atoms with Gasteiger partial charge in [-0.2, -0.15) is 0 Å². The molecule has 0 bridgehead atoms. The summed E-state index contributed by atoms with van der Waals surface area (Å²) in [5.74, 6) is -0.415. The molecule has 2 aromatic rings. The molecule has 0 atom stereocenters. The zero-order valence-corrected chi connectivity index (χ0v) is 11.2. The summed E-state index contributed by atoms with van der Waals surface area (Å²) in [6.45, 7) is 0.274. The molecule has 0 fully saturated rings. The van der Waals surface area contributed by atoms with E-state index in [9.17, 15) is 14.4 Å². The van der Waals surface area contributed by atoms with Crippen LogP contribution < -0.4 is 11.1 Å². The molecule has 0 aliphatic rings. The minimum Gasteiger partial charge on any atom is -0.465 e. The average molecular weight is 274 g/mol. The summed E-state index contributed by atoms with van der Waals surface area (Å²) in [5.41, 5.74) is 0.103. The molecule has 0 saturated heterocycles. The Hall–Kier alpha value is -2.63. The van der Waals surface area contributed by atoms with Crippen molar-refractivity contribution in [1.29, 1.82) is 0 Å². The van der Waals surface area contributed by atoms with Crippen molar-refractivity contribution in [2.45, 2.75) is 6.54 Å². The van der Waals surface area contributed by atoms with Gasteiger partial charge in [0.05, 0.1) is 19.2 Å². The predicted octanol–water partition coefficient (Wildman–Crippen LogP) is 0.382. The lowest BCUT2D eigenvalue weighted by Crippen LogP contribution is -2.39. The Morgan fingerprint density at radius 3 is 2.35 bits per heavy atom. The molecule has 104 valence electrons. The lowest BCUT2D eigenvalue weighted by Gasteiger charge is -2.07. The van der Waals surface area contributed by atoms with Gasteiger partial charge >= 0.3 is 17.1 Å². The van der Waals surface area contributed by atoms with Crippen molar-refractivity contribution >= 4 is 5.97 Å². The monoisotopic (exact) mass is 274 g/mol. The van der Waals surface area contributed by atoms with Crippen LogP contribution in [0.3, 0.4) is 0 Å². The van der Waals surface area contributed by atoms with Gasteiger partial charge in [0.2, 0.25) is 0 Å². The number of carbonyl (C=O) groups excluding carboxylic acids is 1. The lowest BCUT2D eigenvalue weighted by atomic mass is 10.1. The highest BCUT2D eigenvalue weighted by atomic mass is 16.5. The number of methoxy groups -OCH3 is 1. The van der Waals surface area contributed by atoms with Crippen LogP contribution in [-0.2, 0) is 18.3 Å². The zero-order valence-electron chi connectivity index (χ0n) is 11.2. The second-order valence-electron chi connectivity index (χ2n) is 4.34. The van der Waals surface area contributed by atoms with Crippen LogP contribution in [0, 0.1) is 0 Å². The standard InChI is InChI=1S/C14H14N2O4/c1-15-7-8-16(13(18)12(15)17)9-10-3-5-11(6-4-10)14(19)20-2/h3-8H,9H2,1-2H3. The minimum atomic E-state index is -0.577. The van der Waals surface area contributed by atoms with E-state index in [-0.39, 0.29) is 6.54 Å². The number of rotatable bonds is 3. The van der Waals surface area contributed by atoms with Crippen LogP contribution in [0.4, 0.5) is 0 Å². The maximum Gasteiger partial charge on any atom is 0.337 e. The predicted molar refractivity (Wildman–Crippen MR) is 72.8 cm³/mol. The number of benzene rings is 1. The summed E-state index contributed by atoms with van der Waals surface area (Å²) in [6, 6.07) is 6.67. The van der Waals surface area contributed by atoms with Crippen molar-refractivity contribution < 1.29 is 9.53 Å². The van der Waals surface area contributed by atoms with Gasteiger partial charge < -0.3 is 13.9 Å². The van der Waals surface area contributed by atoms with Crippen molar-refractivity contribution in [2.75, 3.05) is 7.11 Å². The van der Waals surface area contributed by atoms with Crippen LogP contribution in [0.25, 0.3) is 0 Å². The first-order valence-electron chi connectivity index (χ1n) is 5.96. The van der Waals surface area contributed by atoms with Gasteiger partial charge in [-0.1, -0.05) is 12.1 Å². The first kappa shape index (κ1) is 13.8. The number of aromatic nitrogens is 2. The van der Waals surface area contributed by atoms with Crippen molar-refractivity contribution in [3.63, 3.8) is 0 Å². The van der Waals surface area contributed by atoms with Crippen molar-refractivity contribution in [1.82, 2.24) is 9.13 Å². The van der Waals surface area contributed by atoms with E-state index in [1.807, 2.05) is 0 Å². The first-order chi connectivity index (χ1) is 9.52. The second kappa shape index (κ2) is 5.56. The van der Waals surface area contributed by atoms with Crippen LogP contribution in [-0.4, -0.2) is 22.2 Å². The fourth-order valence-corrected chi connectivity index (χ4v) is 1.77. The largest absolute Gasteiger partial charge is 0.465 e. The number of aryl methyl sites for hydroxylation is 1. The summed E-state index contributed by atoms with van der Waals surface area (Å²) in [5, 5.41) is 0. The third-order valence-corrected chi connectivity index (χ3v) is 2.96. The molecule has 1 aromatic carbocycles. The van der Waals surface area contributed by atoms with Crippen LogP contribution in [0.2, 0.25) is 0 Å². The number of hydrogen-bond acceptors (Lipinski definition) is 4. The number of ether oxygens (including phenoxy) is 1. The molecule has 2 rings (SSSR count). The Bertz CT molecular complexity index is 741. The Kier molecular flexibility index (Phi) is 3.84. The number of carbonyl (C=O) groups is 1. The second-order valence-corrected chi connectivity index (χ2v) is 4.34. The van der Waals surface area contributed by atoms with Crippen LogP contribution >= 0.6 is 0 Å². The van der Waals surface area contributed by atoms with Crippen molar-refractivity contribution in [3.8, 4) is 0 Å². The highest BCUT2D eigenvalue weighted by Crippen LogP contribution is 2.06. The molecule has 1 aromatic heterocycles. The third kappa shape index (κ3) is 2.69. The molecule has 0 aliphatic carbocycles. The topological polar surface area (TPSA) is 70.3 Å². The van der Waals surface area contributed by atoms with Gasteiger partial charge in [-0.3, -0.25) is 9.59 Å². The van der Waals surface area contributed by atoms with E-state index in [4.69, 9.17) is 0 Å². The molecule has 0 unspecified atom stereocenters. The molecule has 0 amide bonds. The van der Waals surface area contributed by atoms with E-state index >= 15 is 0 Å². The minimum absolute atomic E-state index is 0.274. The van der Waals surface area contributed by atoms with Crippen molar-refractivity contribution in [2.24, 2.45) is 7.05 Å². The highest BCUT2D eigenvalue weighted by Gasteiger charge is 2.06. The maximum absolute atomic E-state index is 11.8. The van der Waals surface area contributed by atoms with Gasteiger partial charge in [0.25, 0.3) is 0 Å². The number of nitrogens with zero attached hydrogens (tertiary/aromatic N) is 2. The SMILES string of the molecule is COC(=O)c1ccc(Cn2ccn(C)c(=O)c2=O)cc1. The van der Waals surface area contributed by atoms with Crippen LogP contribution in [0.5, 0.6) is 0 Å². The molecule has 0 N–H and O–H groups in total. The number of esters is 1. The number of hydrogen-bond donors (Lipinski definition) is 0. The highest BCUT2D eigenvalue weighted by molar-refractivity contribution is 5.89. The summed E-state index contributed by atoms with van der Waals surface area (Å²) >= 11 is 0. The van der Waals surface area contributed by atoms with E-state index in [2.05, 4.69) is 4.74 Å². The quantitative estimate of drug-likeness (QED) is 0.599. The first-order valence-corrected chi connectivity index (χ1v) is 5.96. The van der Waals surface area contributed by atoms with Gasteiger partial charge in [-0.15, -0.1) is 0 Å². The van der Waals surface area contributed by atoms with Gasteiger partial charge in [0.1, 0.15) is 0 Å². The fourth-order valence-electron chi connectivity index (χ4n) is 1.77. The van der Waals surface area contributed by atoms with Crippen LogP contribution in [0.1, 0.15) is 15.9 Å². The molecule has 0 saturated carbocycles. The average Bonchev–Trinajstić information content (AvgIpc) is 2.48. The lowest BCUT2D eigenvalue weighted by molar-refractivity contribution is 0.0600. The van der Waals surface area contributed by atoms with Gasteiger partial charge in [0, 0.05) is 19.4 Å². The molecule has 20 heavy (non-hydrogen) atoms. The molecule has 0 radical (unpaired) electrons. The Morgan fingerprint density at radius 2 is 1.75 bits per heavy atom. The molecular weight excluding hydrogens is 260 g/mol. The Labute approximate surface area is 114 Å². The van der Waals surface area contributed by atoms with Crippen LogP contribution in [0.15, 0.2) is 46.2 Å². The summed E-state index contributed by atoms with van der Waals surface area (Å²) in [7, 11) is 2.84. The maximum atomic E-state index is 11.8. The zero-order chi connectivity index (χ0) is 14.7. The Balaban J connectivity index is 2.27. The fraction of sp³-hybridized carbons (Fsp3) is 0.214. The molecule has 0 aliphatic heterocycles. The molecular formula is C14H14N2O4. The van der Waals surface area contributed by atoms with Gasteiger partial charge in [0.15, 0.2) is 0 Å². The summed E-state index contributed by atoms with van der Waals surface area (Å²) in [4.78, 5) is 34.6. The summed E-state index contributed by atoms with van der Waals surface area (Å²) in [6.07, 6.45) is 3.09. The molecule has 0 spiro atoms. The van der Waals surface area contributed by atoms with E-state index in [0.29, 0.717) is 5.56 Å². The van der Waals surface area contributed by atoms with Gasteiger partial charge in [-0.25, -0.2) is 4.79 Å². The normalized spacial score (nSPS) is 10.3.